The molecular weight excluding hydrogens is 493 g/mol. The van der Waals surface area contributed by atoms with Gasteiger partial charge in [0.15, 0.2) is 0 Å². The van der Waals surface area contributed by atoms with Gasteiger partial charge in [-0.2, -0.15) is 18.2 Å². The number of anilines is 1. The van der Waals surface area contributed by atoms with E-state index in [0.717, 1.165) is 24.2 Å². The lowest BCUT2D eigenvalue weighted by Crippen LogP contribution is -2.40. The molecule has 3 aromatic rings. The first kappa shape index (κ1) is 25.5. The number of aromatic nitrogens is 4. The largest absolute Gasteiger partial charge is 0.480 e. The molecule has 1 unspecified atom stereocenters. The molecule has 0 bridgehead atoms. The molecule has 0 aromatic carbocycles. The Bertz CT molecular complexity index is 1210. The molecule has 13 heteroatoms. The molecule has 5 heterocycles. The van der Waals surface area contributed by atoms with Crippen LogP contribution in [0.3, 0.4) is 0 Å². The molecule has 2 aliphatic heterocycles. The van der Waals surface area contributed by atoms with Gasteiger partial charge in [0.05, 0.1) is 43.8 Å². The molecule has 200 valence electrons. The van der Waals surface area contributed by atoms with Crippen molar-refractivity contribution in [3.8, 4) is 23.2 Å². The highest BCUT2D eigenvalue weighted by Crippen LogP contribution is 2.36. The molecule has 0 spiro atoms. The van der Waals surface area contributed by atoms with Crippen LogP contribution in [0.15, 0.2) is 23.0 Å². The average molecular weight is 523 g/mol. The van der Waals surface area contributed by atoms with E-state index in [0.29, 0.717) is 55.7 Å². The quantitative estimate of drug-likeness (QED) is 0.437. The normalized spacial score (nSPS) is 19.6. The van der Waals surface area contributed by atoms with Crippen molar-refractivity contribution in [3.63, 3.8) is 0 Å². The molecule has 2 saturated heterocycles. The summed E-state index contributed by atoms with van der Waals surface area (Å²) in [4.78, 5) is 21.3. The van der Waals surface area contributed by atoms with Crippen molar-refractivity contribution in [3.05, 3.63) is 18.6 Å². The minimum absolute atomic E-state index is 0.0131. The number of alkyl halides is 3. The van der Waals surface area contributed by atoms with Gasteiger partial charge in [-0.15, -0.1) is 0 Å². The third-order valence-corrected chi connectivity index (χ3v) is 6.94. The maximum absolute atomic E-state index is 12.9. The van der Waals surface area contributed by atoms with Crippen molar-refractivity contribution in [1.29, 1.82) is 0 Å². The minimum atomic E-state index is -4.09. The number of furan rings is 1. The zero-order valence-electron chi connectivity index (χ0n) is 20.7. The van der Waals surface area contributed by atoms with Crippen molar-refractivity contribution in [2.45, 2.75) is 31.5 Å². The Hall–Kier alpha value is -3.19. The first-order valence-electron chi connectivity index (χ1n) is 12.2. The molecule has 3 aromatic heterocycles. The summed E-state index contributed by atoms with van der Waals surface area (Å²) in [6.45, 7) is 3.43. The first-order valence-corrected chi connectivity index (χ1v) is 12.2. The fourth-order valence-corrected chi connectivity index (χ4v) is 4.89. The second kappa shape index (κ2) is 10.7. The van der Waals surface area contributed by atoms with Crippen LogP contribution in [0.2, 0.25) is 0 Å². The summed E-state index contributed by atoms with van der Waals surface area (Å²) in [5.41, 5.74) is 0.999. The maximum atomic E-state index is 12.9. The molecule has 10 nitrogen and oxygen atoms in total. The number of halogens is 3. The van der Waals surface area contributed by atoms with Crippen LogP contribution in [0.25, 0.3) is 22.4 Å². The molecular formula is C24H29F3N6O4. The van der Waals surface area contributed by atoms with Crippen LogP contribution in [0.5, 0.6) is 11.9 Å². The number of hydrogen-bond donors (Lipinski definition) is 0. The standard InChI is InChI=1S/C24H29F3N6O4/c1-34-22-18(12-28-23(31-22)35-2)19-11-17-20(29-14-30-21(17)37-19)33-8-5-16(13-33)36-10-9-32-6-3-15(4-7-32)24(25,26)27/h11-12,14-16H,3-10,13H2,1-2H3. The van der Waals surface area contributed by atoms with Crippen molar-refractivity contribution in [1.82, 2.24) is 24.8 Å². The van der Waals surface area contributed by atoms with E-state index in [2.05, 4.69) is 24.8 Å². The fraction of sp³-hybridized carbons (Fsp3) is 0.583. The highest BCUT2D eigenvalue weighted by Gasteiger charge is 2.41. The van der Waals surface area contributed by atoms with Crippen LogP contribution >= 0.6 is 0 Å². The van der Waals surface area contributed by atoms with Crippen LogP contribution in [-0.4, -0.2) is 90.7 Å². The van der Waals surface area contributed by atoms with Gasteiger partial charge in [-0.05, 0) is 38.4 Å². The van der Waals surface area contributed by atoms with E-state index in [-0.39, 0.29) is 25.0 Å². The lowest BCUT2D eigenvalue weighted by molar-refractivity contribution is -0.185. The van der Waals surface area contributed by atoms with Gasteiger partial charge < -0.3 is 28.4 Å². The maximum Gasteiger partial charge on any atom is 0.391 e. The van der Waals surface area contributed by atoms with Gasteiger partial charge in [-0.3, -0.25) is 0 Å². The molecule has 37 heavy (non-hydrogen) atoms. The van der Waals surface area contributed by atoms with E-state index < -0.39 is 12.1 Å². The van der Waals surface area contributed by atoms with Crippen molar-refractivity contribution >= 4 is 16.9 Å². The number of fused-ring (bicyclic) bond motifs is 1. The van der Waals surface area contributed by atoms with Crippen LogP contribution < -0.4 is 14.4 Å². The number of likely N-dealkylation sites (tertiary alicyclic amines) is 1. The summed E-state index contributed by atoms with van der Waals surface area (Å²) in [6.07, 6.45) is 0.0990. The third kappa shape index (κ3) is 5.57. The molecule has 1 atom stereocenters. The summed E-state index contributed by atoms with van der Waals surface area (Å²) in [5, 5.41) is 0.753. The lowest BCUT2D eigenvalue weighted by atomic mass is 9.96. The summed E-state index contributed by atoms with van der Waals surface area (Å²) in [5.74, 6) is 0.378. The Morgan fingerprint density at radius 2 is 1.86 bits per heavy atom. The second-order valence-electron chi connectivity index (χ2n) is 9.19. The van der Waals surface area contributed by atoms with Gasteiger partial charge in [0, 0.05) is 25.8 Å². The monoisotopic (exact) mass is 522 g/mol. The number of methoxy groups -OCH3 is 2. The van der Waals surface area contributed by atoms with E-state index in [9.17, 15) is 13.2 Å². The lowest BCUT2D eigenvalue weighted by Gasteiger charge is -2.32. The first-order chi connectivity index (χ1) is 17.9. The van der Waals surface area contributed by atoms with E-state index in [4.69, 9.17) is 18.6 Å². The molecule has 0 amide bonds. The van der Waals surface area contributed by atoms with Crippen molar-refractivity contribution in [2.24, 2.45) is 5.92 Å². The summed E-state index contributed by atoms with van der Waals surface area (Å²) < 4.78 is 61.1. The molecule has 2 aliphatic rings. The van der Waals surface area contributed by atoms with E-state index in [1.165, 1.54) is 20.5 Å². The minimum Gasteiger partial charge on any atom is -0.480 e. The van der Waals surface area contributed by atoms with Gasteiger partial charge in [0.25, 0.3) is 0 Å². The fourth-order valence-electron chi connectivity index (χ4n) is 4.89. The van der Waals surface area contributed by atoms with E-state index in [1.54, 1.807) is 6.20 Å². The highest BCUT2D eigenvalue weighted by molar-refractivity contribution is 5.90. The van der Waals surface area contributed by atoms with Crippen LogP contribution in [0.1, 0.15) is 19.3 Å². The third-order valence-electron chi connectivity index (χ3n) is 6.94. The molecule has 0 aliphatic carbocycles. The molecule has 0 radical (unpaired) electrons. The molecule has 0 N–H and O–H groups in total. The number of rotatable bonds is 8. The SMILES string of the molecule is COc1ncc(-c2cc3c(N4CCC(OCCN5CCC(C(F)(F)F)CC5)C4)ncnc3o2)c(OC)n1. The number of hydrogen-bond acceptors (Lipinski definition) is 10. The van der Waals surface area contributed by atoms with Crippen LogP contribution in [0, 0.1) is 5.92 Å². The topological polar surface area (TPSA) is 98.9 Å². The zero-order valence-corrected chi connectivity index (χ0v) is 20.7. The Labute approximate surface area is 211 Å². The summed E-state index contributed by atoms with van der Waals surface area (Å²) >= 11 is 0. The van der Waals surface area contributed by atoms with Gasteiger partial charge >= 0.3 is 12.2 Å². The van der Waals surface area contributed by atoms with Gasteiger partial charge in [0.1, 0.15) is 17.9 Å². The molecule has 2 fully saturated rings. The number of ether oxygens (including phenoxy) is 3. The van der Waals surface area contributed by atoms with Crippen LogP contribution in [-0.2, 0) is 4.74 Å². The Kier molecular flexibility index (Phi) is 7.33. The van der Waals surface area contributed by atoms with E-state index >= 15 is 0 Å². The molecule has 0 saturated carbocycles. The average Bonchev–Trinajstić information content (AvgIpc) is 3.55. The molecule has 5 rings (SSSR count). The van der Waals surface area contributed by atoms with Gasteiger partial charge in [-0.25, -0.2) is 15.0 Å². The summed E-state index contributed by atoms with van der Waals surface area (Å²) in [6, 6.07) is 2.03. The van der Waals surface area contributed by atoms with Gasteiger partial charge in [-0.1, -0.05) is 0 Å². The van der Waals surface area contributed by atoms with E-state index in [1.807, 2.05) is 11.0 Å². The van der Waals surface area contributed by atoms with Gasteiger partial charge in [0.2, 0.25) is 11.6 Å². The second-order valence-corrected chi connectivity index (χ2v) is 9.19. The zero-order chi connectivity index (χ0) is 26.0. The van der Waals surface area contributed by atoms with Crippen molar-refractivity contribution < 1.29 is 31.8 Å². The van der Waals surface area contributed by atoms with Crippen molar-refractivity contribution in [2.75, 3.05) is 58.5 Å². The van der Waals surface area contributed by atoms with Crippen LogP contribution in [0.4, 0.5) is 19.0 Å². The smallest absolute Gasteiger partial charge is 0.391 e. The summed E-state index contributed by atoms with van der Waals surface area (Å²) in [7, 11) is 2.99. The predicted octanol–water partition coefficient (Wildman–Crippen LogP) is 3.57. The number of nitrogens with zero attached hydrogens (tertiary/aromatic N) is 6. The highest BCUT2D eigenvalue weighted by atomic mass is 19.4. The Morgan fingerprint density at radius 1 is 1.05 bits per heavy atom. The Balaban J connectivity index is 1.20. The predicted molar refractivity (Wildman–Crippen MR) is 128 cm³/mol. The number of piperidine rings is 1. The Morgan fingerprint density at radius 3 is 2.59 bits per heavy atom.